The van der Waals surface area contributed by atoms with E-state index in [0.717, 1.165) is 0 Å². The summed E-state index contributed by atoms with van der Waals surface area (Å²) in [7, 11) is 0. The van der Waals surface area contributed by atoms with Gasteiger partial charge in [0.05, 0.1) is 29.7 Å². The number of hydrogen-bond donors (Lipinski definition) is 0. The molecule has 10 heteroatoms. The lowest BCUT2D eigenvalue weighted by Gasteiger charge is -2.01. The predicted octanol–water partition coefficient (Wildman–Crippen LogP) is 2.54. The summed E-state index contributed by atoms with van der Waals surface area (Å²) in [5, 5.41) is 24.3. The highest BCUT2D eigenvalue weighted by Crippen LogP contribution is 2.27. The van der Waals surface area contributed by atoms with Gasteiger partial charge in [-0.15, -0.1) is 0 Å². The lowest BCUT2D eigenvalue weighted by atomic mass is 10.2. The first-order chi connectivity index (χ1) is 12.5. The zero-order chi connectivity index (χ0) is 18.3. The monoisotopic (exact) mass is 350 g/mol. The number of nitrogens with zero attached hydrogens (tertiary/aromatic N) is 8. The Hall–Kier alpha value is -3.69. The summed E-state index contributed by atoms with van der Waals surface area (Å²) in [5.74, 6) is -0.240. The fourth-order valence-electron chi connectivity index (χ4n) is 2.53. The van der Waals surface area contributed by atoms with Crippen molar-refractivity contribution < 1.29 is 4.92 Å². The van der Waals surface area contributed by atoms with Crippen molar-refractivity contribution in [2.24, 2.45) is 0 Å². The first kappa shape index (κ1) is 15.8. The standard InChI is InChI=1S/C16H14N8O2/c1-10(2)23-18-8-13(21-23)12-5-6-15-19-14(9-22(15)20-12)11-4-3-7-17-16(11)24(25)26/h3-10H,1-2H3. The van der Waals surface area contributed by atoms with Gasteiger partial charge < -0.3 is 10.1 Å². The third-order valence-corrected chi connectivity index (χ3v) is 3.79. The van der Waals surface area contributed by atoms with E-state index in [4.69, 9.17) is 0 Å². The van der Waals surface area contributed by atoms with Crippen molar-refractivity contribution >= 4 is 11.5 Å². The molecule has 0 aliphatic heterocycles. The van der Waals surface area contributed by atoms with E-state index >= 15 is 0 Å². The van der Waals surface area contributed by atoms with E-state index in [1.54, 1.807) is 46.0 Å². The molecule has 0 amide bonds. The fraction of sp³-hybridized carbons (Fsp3) is 0.188. The topological polar surface area (TPSA) is 117 Å². The van der Waals surface area contributed by atoms with Crippen molar-refractivity contribution in [2.75, 3.05) is 0 Å². The van der Waals surface area contributed by atoms with Crippen LogP contribution in [0.4, 0.5) is 5.82 Å². The normalized spacial score (nSPS) is 11.3. The number of imidazole rings is 1. The highest BCUT2D eigenvalue weighted by Gasteiger charge is 2.19. The maximum absolute atomic E-state index is 11.2. The molecular formula is C16H14N8O2. The van der Waals surface area contributed by atoms with Crippen LogP contribution in [0.25, 0.3) is 28.3 Å². The Labute approximate surface area is 147 Å². The van der Waals surface area contributed by atoms with Crippen molar-refractivity contribution in [3.8, 4) is 22.6 Å². The van der Waals surface area contributed by atoms with Crippen LogP contribution in [0, 0.1) is 10.1 Å². The van der Waals surface area contributed by atoms with E-state index < -0.39 is 4.92 Å². The van der Waals surface area contributed by atoms with Crippen LogP contribution in [0.5, 0.6) is 0 Å². The van der Waals surface area contributed by atoms with Gasteiger partial charge in [0.1, 0.15) is 17.6 Å². The van der Waals surface area contributed by atoms with Crippen LogP contribution in [0.15, 0.2) is 42.9 Å². The Kier molecular flexibility index (Phi) is 3.64. The molecular weight excluding hydrogens is 336 g/mol. The highest BCUT2D eigenvalue weighted by molar-refractivity contribution is 5.70. The summed E-state index contributed by atoms with van der Waals surface area (Å²) in [4.78, 5) is 20.5. The summed E-state index contributed by atoms with van der Waals surface area (Å²) in [6.45, 7) is 3.98. The van der Waals surface area contributed by atoms with Crippen LogP contribution in [0.2, 0.25) is 0 Å². The van der Waals surface area contributed by atoms with Crippen LogP contribution in [-0.4, -0.2) is 39.5 Å². The van der Waals surface area contributed by atoms with Crippen LogP contribution in [-0.2, 0) is 0 Å². The summed E-state index contributed by atoms with van der Waals surface area (Å²) < 4.78 is 1.57. The van der Waals surface area contributed by atoms with Crippen LogP contribution in [0.3, 0.4) is 0 Å². The Balaban J connectivity index is 1.78. The SMILES string of the molecule is CC(C)n1ncc(-c2ccc3nc(-c4cccnc4[N+](=O)[O-])cn3n2)n1. The molecule has 0 saturated carbocycles. The minimum Gasteiger partial charge on any atom is -0.358 e. The number of pyridine rings is 1. The zero-order valence-corrected chi connectivity index (χ0v) is 14.0. The minimum atomic E-state index is -0.525. The quantitative estimate of drug-likeness (QED) is 0.410. The van der Waals surface area contributed by atoms with Crippen molar-refractivity contribution in [2.45, 2.75) is 19.9 Å². The van der Waals surface area contributed by atoms with Crippen LogP contribution < -0.4 is 0 Å². The molecule has 4 heterocycles. The van der Waals surface area contributed by atoms with Crippen LogP contribution >= 0.6 is 0 Å². The van der Waals surface area contributed by atoms with E-state index in [2.05, 4.69) is 25.3 Å². The minimum absolute atomic E-state index is 0.151. The van der Waals surface area contributed by atoms with Gasteiger partial charge in [-0.25, -0.2) is 9.50 Å². The van der Waals surface area contributed by atoms with E-state index in [9.17, 15) is 10.1 Å². The second-order valence-corrected chi connectivity index (χ2v) is 5.92. The Bertz CT molecular complexity index is 1110. The fourth-order valence-corrected chi connectivity index (χ4v) is 2.53. The number of rotatable bonds is 4. The summed E-state index contributed by atoms with van der Waals surface area (Å²) >= 11 is 0. The smallest absolute Gasteiger partial charge is 0.358 e. The van der Waals surface area contributed by atoms with Crippen molar-refractivity contribution in [1.82, 2.24) is 34.6 Å². The third-order valence-electron chi connectivity index (χ3n) is 3.79. The molecule has 0 spiro atoms. The molecule has 0 N–H and O–H groups in total. The molecule has 0 aliphatic rings. The molecule has 0 saturated heterocycles. The molecule has 4 rings (SSSR count). The van der Waals surface area contributed by atoms with Crippen LogP contribution in [0.1, 0.15) is 19.9 Å². The van der Waals surface area contributed by atoms with Gasteiger partial charge in [-0.05, 0) is 48.0 Å². The molecule has 0 unspecified atom stereocenters. The number of fused-ring (bicyclic) bond motifs is 1. The average Bonchev–Trinajstić information content (AvgIpc) is 3.28. The van der Waals surface area contributed by atoms with Gasteiger partial charge in [-0.2, -0.15) is 20.1 Å². The predicted molar refractivity (Wildman–Crippen MR) is 92.3 cm³/mol. The number of aromatic nitrogens is 7. The second-order valence-electron chi connectivity index (χ2n) is 5.92. The largest absolute Gasteiger partial charge is 0.372 e. The molecule has 4 aromatic rings. The van der Waals surface area contributed by atoms with E-state index in [1.165, 1.54) is 6.20 Å². The molecule has 26 heavy (non-hydrogen) atoms. The molecule has 4 aromatic heterocycles. The number of nitro groups is 1. The maximum atomic E-state index is 11.2. The molecule has 0 fully saturated rings. The summed E-state index contributed by atoms with van der Waals surface area (Å²) in [6.07, 6.45) is 4.67. The molecule has 130 valence electrons. The van der Waals surface area contributed by atoms with E-state index in [0.29, 0.717) is 28.3 Å². The zero-order valence-electron chi connectivity index (χ0n) is 14.0. The first-order valence-corrected chi connectivity index (χ1v) is 7.91. The van der Waals surface area contributed by atoms with Gasteiger partial charge in [0.25, 0.3) is 0 Å². The lowest BCUT2D eigenvalue weighted by molar-refractivity contribution is -0.388. The van der Waals surface area contributed by atoms with Gasteiger partial charge in [-0.3, -0.25) is 0 Å². The Morgan fingerprint density at radius 2 is 1.96 bits per heavy atom. The van der Waals surface area contributed by atoms with Gasteiger partial charge in [0.15, 0.2) is 5.65 Å². The number of hydrogen-bond acceptors (Lipinski definition) is 7. The van der Waals surface area contributed by atoms with Crippen molar-refractivity contribution in [1.29, 1.82) is 0 Å². The van der Waals surface area contributed by atoms with Crippen molar-refractivity contribution in [3.05, 3.63) is 53.0 Å². The molecule has 0 aliphatic carbocycles. The second kappa shape index (κ2) is 5.99. The van der Waals surface area contributed by atoms with Gasteiger partial charge in [0.2, 0.25) is 0 Å². The first-order valence-electron chi connectivity index (χ1n) is 7.91. The summed E-state index contributed by atoms with van der Waals surface area (Å²) in [6, 6.07) is 6.97. The maximum Gasteiger partial charge on any atom is 0.372 e. The molecule has 0 atom stereocenters. The van der Waals surface area contributed by atoms with E-state index in [-0.39, 0.29) is 11.9 Å². The molecule has 0 aromatic carbocycles. The lowest BCUT2D eigenvalue weighted by Crippen LogP contribution is -2.04. The Morgan fingerprint density at radius 3 is 2.69 bits per heavy atom. The van der Waals surface area contributed by atoms with Gasteiger partial charge in [0, 0.05) is 0 Å². The Morgan fingerprint density at radius 1 is 1.12 bits per heavy atom. The highest BCUT2D eigenvalue weighted by atomic mass is 16.6. The van der Waals surface area contributed by atoms with Gasteiger partial charge >= 0.3 is 5.82 Å². The summed E-state index contributed by atoms with van der Waals surface area (Å²) in [5.41, 5.74) is 2.62. The molecule has 0 bridgehead atoms. The van der Waals surface area contributed by atoms with Gasteiger partial charge in [-0.1, -0.05) is 0 Å². The third kappa shape index (κ3) is 2.66. The van der Waals surface area contributed by atoms with E-state index in [1.807, 2.05) is 13.8 Å². The van der Waals surface area contributed by atoms with Crippen molar-refractivity contribution in [3.63, 3.8) is 0 Å². The molecule has 0 radical (unpaired) electrons. The average molecular weight is 350 g/mol. The molecule has 10 nitrogen and oxygen atoms in total.